The minimum absolute atomic E-state index is 0.0461. The van der Waals surface area contributed by atoms with Crippen LogP contribution in [0.1, 0.15) is 40.5 Å². The topological polar surface area (TPSA) is 52.6 Å². The van der Waals surface area contributed by atoms with Crippen LogP contribution in [0.3, 0.4) is 0 Å². The van der Waals surface area contributed by atoms with Crippen molar-refractivity contribution >= 4 is 17.8 Å². The summed E-state index contributed by atoms with van der Waals surface area (Å²) in [7, 11) is 0. The van der Waals surface area contributed by atoms with Crippen LogP contribution < -0.4 is 5.32 Å². The van der Waals surface area contributed by atoms with E-state index in [9.17, 15) is 4.79 Å². The van der Waals surface area contributed by atoms with Gasteiger partial charge in [0.2, 0.25) is 0 Å². The van der Waals surface area contributed by atoms with Gasteiger partial charge >= 0.3 is 6.03 Å². The van der Waals surface area contributed by atoms with E-state index in [1.807, 2.05) is 30.5 Å². The third kappa shape index (κ3) is 6.04. The van der Waals surface area contributed by atoms with Crippen LogP contribution in [0.25, 0.3) is 0 Å². The Morgan fingerprint density at radius 1 is 1.37 bits per heavy atom. The van der Waals surface area contributed by atoms with Gasteiger partial charge in [0.1, 0.15) is 0 Å². The molecule has 0 bridgehead atoms. The molecule has 0 aromatic rings. The second kappa shape index (κ2) is 7.39. The van der Waals surface area contributed by atoms with Gasteiger partial charge < -0.3 is 15.3 Å². The highest BCUT2D eigenvalue weighted by molar-refractivity contribution is 8.00. The van der Waals surface area contributed by atoms with Crippen molar-refractivity contribution in [2.75, 3.05) is 26.2 Å². The maximum absolute atomic E-state index is 12.0. The van der Waals surface area contributed by atoms with Crippen molar-refractivity contribution < 1.29 is 9.90 Å². The predicted molar refractivity (Wildman–Crippen MR) is 81.6 cm³/mol. The largest absolute Gasteiger partial charge is 0.396 e. The summed E-state index contributed by atoms with van der Waals surface area (Å²) in [6.45, 7) is 11.0. The Morgan fingerprint density at radius 3 is 2.47 bits per heavy atom. The Morgan fingerprint density at radius 2 is 1.95 bits per heavy atom. The molecule has 0 unspecified atom stereocenters. The molecule has 1 rings (SSSR count). The van der Waals surface area contributed by atoms with Crippen molar-refractivity contribution in [3.05, 3.63) is 0 Å². The summed E-state index contributed by atoms with van der Waals surface area (Å²) in [4.78, 5) is 14.0. The van der Waals surface area contributed by atoms with E-state index in [1.54, 1.807) is 0 Å². The number of urea groups is 1. The van der Waals surface area contributed by atoms with Crippen LogP contribution in [0.4, 0.5) is 4.79 Å². The van der Waals surface area contributed by atoms with Crippen LogP contribution in [0.2, 0.25) is 0 Å². The smallest absolute Gasteiger partial charge is 0.317 e. The molecule has 0 aromatic heterocycles. The molecule has 1 heterocycles. The van der Waals surface area contributed by atoms with Gasteiger partial charge in [0.25, 0.3) is 0 Å². The number of thioether (sulfide) groups is 1. The fourth-order valence-electron chi connectivity index (χ4n) is 2.30. The molecular weight excluding hydrogens is 260 g/mol. The van der Waals surface area contributed by atoms with Crippen LogP contribution in [0.5, 0.6) is 0 Å². The molecule has 2 amide bonds. The summed E-state index contributed by atoms with van der Waals surface area (Å²) in [6, 6.07) is 0.0563. The number of hydrogen-bond acceptors (Lipinski definition) is 3. The van der Waals surface area contributed by atoms with E-state index < -0.39 is 0 Å². The van der Waals surface area contributed by atoms with Crippen LogP contribution in [0, 0.1) is 5.41 Å². The molecule has 1 fully saturated rings. The number of nitrogens with zero attached hydrogens (tertiary/aromatic N) is 1. The SMILES string of the molecule is C[C@@H]1CN(C(=O)NCCCC(C)(C)CO)C[C@H](C)S1. The third-order valence-corrected chi connectivity index (χ3v) is 4.67. The van der Waals surface area contributed by atoms with Crippen molar-refractivity contribution in [3.63, 3.8) is 0 Å². The summed E-state index contributed by atoms with van der Waals surface area (Å²) in [6.07, 6.45) is 1.83. The van der Waals surface area contributed by atoms with Crippen molar-refractivity contribution in [2.45, 2.75) is 51.0 Å². The number of carbonyl (C=O) groups excluding carboxylic acids is 1. The van der Waals surface area contributed by atoms with Gasteiger partial charge in [-0.1, -0.05) is 27.7 Å². The van der Waals surface area contributed by atoms with Gasteiger partial charge in [0.15, 0.2) is 0 Å². The molecule has 0 radical (unpaired) electrons. The average Bonchev–Trinajstić information content (AvgIpc) is 2.33. The molecule has 1 aliphatic rings. The van der Waals surface area contributed by atoms with E-state index >= 15 is 0 Å². The van der Waals surface area contributed by atoms with Gasteiger partial charge in [-0.3, -0.25) is 0 Å². The number of nitrogens with one attached hydrogen (secondary N) is 1. The first-order valence-corrected chi connectivity index (χ1v) is 8.07. The number of aliphatic hydroxyl groups excluding tert-OH is 1. The van der Waals surface area contributed by atoms with Gasteiger partial charge in [-0.05, 0) is 18.3 Å². The van der Waals surface area contributed by atoms with Crippen LogP contribution in [-0.2, 0) is 0 Å². The highest BCUT2D eigenvalue weighted by atomic mass is 32.2. The number of aliphatic hydroxyl groups is 1. The Bertz CT molecular complexity index is 287. The molecule has 0 aromatic carbocycles. The zero-order valence-electron chi connectivity index (χ0n) is 12.6. The molecule has 112 valence electrons. The van der Waals surface area contributed by atoms with Crippen LogP contribution in [0.15, 0.2) is 0 Å². The normalized spacial score (nSPS) is 24.4. The van der Waals surface area contributed by atoms with E-state index in [4.69, 9.17) is 5.11 Å². The zero-order valence-corrected chi connectivity index (χ0v) is 13.4. The molecule has 4 nitrogen and oxygen atoms in total. The van der Waals surface area contributed by atoms with Crippen molar-refractivity contribution in [3.8, 4) is 0 Å². The van der Waals surface area contributed by atoms with Gasteiger partial charge in [0, 0.05) is 36.7 Å². The molecule has 1 saturated heterocycles. The van der Waals surface area contributed by atoms with Gasteiger partial charge in [-0.25, -0.2) is 4.79 Å². The monoisotopic (exact) mass is 288 g/mol. The standard InChI is InChI=1S/C14H28N2O2S/c1-11-8-16(9-12(2)19-11)13(18)15-7-5-6-14(3,4)10-17/h11-12,17H,5-10H2,1-4H3,(H,15,18)/t11-,12+. The Hall–Kier alpha value is -0.420. The Kier molecular flexibility index (Phi) is 6.47. The summed E-state index contributed by atoms with van der Waals surface area (Å²) in [5.41, 5.74) is -0.0461. The fraction of sp³-hybridized carbons (Fsp3) is 0.929. The minimum atomic E-state index is -0.0461. The molecule has 0 aliphatic carbocycles. The van der Waals surface area contributed by atoms with E-state index in [1.165, 1.54) is 0 Å². The minimum Gasteiger partial charge on any atom is -0.396 e. The summed E-state index contributed by atoms with van der Waals surface area (Å²) in [5.74, 6) is 0. The molecule has 19 heavy (non-hydrogen) atoms. The lowest BCUT2D eigenvalue weighted by Gasteiger charge is -2.34. The summed E-state index contributed by atoms with van der Waals surface area (Å²) in [5, 5.41) is 13.2. The highest BCUT2D eigenvalue weighted by Crippen LogP contribution is 2.24. The summed E-state index contributed by atoms with van der Waals surface area (Å²) >= 11 is 1.95. The predicted octanol–water partition coefficient (Wildman–Crippen LogP) is 2.32. The van der Waals surface area contributed by atoms with Gasteiger partial charge in [-0.15, -0.1) is 0 Å². The van der Waals surface area contributed by atoms with E-state index in [2.05, 4.69) is 19.2 Å². The lowest BCUT2D eigenvalue weighted by atomic mass is 9.89. The van der Waals surface area contributed by atoms with Crippen molar-refractivity contribution in [1.82, 2.24) is 10.2 Å². The third-order valence-electron chi connectivity index (χ3n) is 3.44. The number of hydrogen-bond donors (Lipinski definition) is 2. The summed E-state index contributed by atoms with van der Waals surface area (Å²) < 4.78 is 0. The number of amides is 2. The lowest BCUT2D eigenvalue weighted by molar-refractivity contribution is 0.147. The first-order valence-electron chi connectivity index (χ1n) is 7.13. The van der Waals surface area contributed by atoms with Crippen molar-refractivity contribution in [1.29, 1.82) is 0 Å². The maximum atomic E-state index is 12.0. The molecular formula is C14H28N2O2S. The van der Waals surface area contributed by atoms with Gasteiger partial charge in [0.05, 0.1) is 0 Å². The quantitative estimate of drug-likeness (QED) is 0.763. The second-order valence-electron chi connectivity index (χ2n) is 6.32. The van der Waals surface area contributed by atoms with E-state index in [0.29, 0.717) is 17.0 Å². The van der Waals surface area contributed by atoms with Crippen LogP contribution >= 0.6 is 11.8 Å². The molecule has 0 spiro atoms. The van der Waals surface area contributed by atoms with Crippen molar-refractivity contribution in [2.24, 2.45) is 5.41 Å². The molecule has 2 atom stereocenters. The average molecular weight is 288 g/mol. The molecule has 0 saturated carbocycles. The lowest BCUT2D eigenvalue weighted by Crippen LogP contribution is -2.48. The van der Waals surface area contributed by atoms with E-state index in [0.717, 1.165) is 25.9 Å². The fourth-order valence-corrected chi connectivity index (χ4v) is 3.62. The second-order valence-corrected chi connectivity index (χ2v) is 8.20. The first kappa shape index (κ1) is 16.6. The number of rotatable bonds is 5. The van der Waals surface area contributed by atoms with E-state index in [-0.39, 0.29) is 18.1 Å². The first-order chi connectivity index (χ1) is 8.84. The molecule has 5 heteroatoms. The van der Waals surface area contributed by atoms with Crippen LogP contribution in [-0.4, -0.2) is 52.8 Å². The Labute approximate surface area is 121 Å². The maximum Gasteiger partial charge on any atom is 0.317 e. The zero-order chi connectivity index (χ0) is 14.5. The highest BCUT2D eigenvalue weighted by Gasteiger charge is 2.25. The molecule has 1 aliphatic heterocycles. The molecule has 2 N–H and O–H groups in total. The van der Waals surface area contributed by atoms with Gasteiger partial charge in [-0.2, -0.15) is 11.8 Å². The number of carbonyl (C=O) groups is 1. The Balaban J connectivity index is 2.24.